The molecule has 0 heterocycles. The Kier molecular flexibility index (Phi) is 3.23. The van der Waals surface area contributed by atoms with Gasteiger partial charge in [0.1, 0.15) is 0 Å². The second-order valence-electron chi connectivity index (χ2n) is 4.82. The minimum atomic E-state index is -0.0186. The summed E-state index contributed by atoms with van der Waals surface area (Å²) in [4.78, 5) is 0. The smallest absolute Gasteiger partial charge is 0.0483 e. The minimum Gasteiger partial charge on any atom is -0.323 e. The molecular weight excluding hydrogens is 194 g/mol. The third kappa shape index (κ3) is 2.28. The summed E-state index contributed by atoms with van der Waals surface area (Å²) in [7, 11) is 0. The molecule has 14 heavy (non-hydrogen) atoms. The van der Waals surface area contributed by atoms with Gasteiger partial charge in [0.05, 0.1) is 0 Å². The normalized spacial score (nSPS) is 14.1. The summed E-state index contributed by atoms with van der Waals surface area (Å²) in [5.74, 6) is 0. The molecule has 0 amide bonds. The van der Waals surface area contributed by atoms with Crippen molar-refractivity contribution >= 4 is 11.6 Å². The van der Waals surface area contributed by atoms with Crippen molar-refractivity contribution in [3.05, 3.63) is 34.3 Å². The van der Waals surface area contributed by atoms with Gasteiger partial charge in [0.2, 0.25) is 0 Å². The first-order valence-electron chi connectivity index (χ1n) is 4.84. The fourth-order valence-electron chi connectivity index (χ4n) is 1.38. The maximum absolute atomic E-state index is 6.21. The van der Waals surface area contributed by atoms with E-state index in [1.165, 1.54) is 0 Å². The van der Waals surface area contributed by atoms with Crippen molar-refractivity contribution in [1.82, 2.24) is 0 Å². The van der Waals surface area contributed by atoms with Crippen LogP contribution in [-0.2, 0) is 0 Å². The molecule has 1 aromatic rings. The number of aryl methyl sites for hydroxylation is 1. The lowest BCUT2D eigenvalue weighted by Gasteiger charge is -2.28. The maximum Gasteiger partial charge on any atom is 0.0483 e. The van der Waals surface area contributed by atoms with Crippen LogP contribution in [0.3, 0.4) is 0 Å². The van der Waals surface area contributed by atoms with Gasteiger partial charge in [-0.25, -0.2) is 0 Å². The number of halogens is 1. The Bertz CT molecular complexity index is 326. The van der Waals surface area contributed by atoms with E-state index in [9.17, 15) is 0 Å². The van der Waals surface area contributed by atoms with E-state index in [2.05, 4.69) is 20.8 Å². The molecule has 78 valence electrons. The molecular formula is C12H18ClN. The highest BCUT2D eigenvalue weighted by Gasteiger charge is 2.24. The van der Waals surface area contributed by atoms with E-state index in [0.29, 0.717) is 0 Å². The van der Waals surface area contributed by atoms with E-state index in [1.807, 2.05) is 25.1 Å². The quantitative estimate of drug-likeness (QED) is 0.754. The highest BCUT2D eigenvalue weighted by molar-refractivity contribution is 6.32. The van der Waals surface area contributed by atoms with Crippen LogP contribution < -0.4 is 5.73 Å². The monoisotopic (exact) mass is 211 g/mol. The zero-order valence-electron chi connectivity index (χ0n) is 9.26. The Labute approximate surface area is 91.3 Å². The van der Waals surface area contributed by atoms with Gasteiger partial charge in [0.25, 0.3) is 0 Å². The summed E-state index contributed by atoms with van der Waals surface area (Å²) in [6, 6.07) is 5.99. The van der Waals surface area contributed by atoms with Crippen LogP contribution in [-0.4, -0.2) is 0 Å². The zero-order valence-corrected chi connectivity index (χ0v) is 10.0. The summed E-state index contributed by atoms with van der Waals surface area (Å²) < 4.78 is 0. The third-order valence-electron chi connectivity index (χ3n) is 2.49. The van der Waals surface area contributed by atoms with Crippen molar-refractivity contribution in [2.24, 2.45) is 11.1 Å². The standard InChI is InChI=1S/C12H18ClN/c1-8-6-5-7-9(10(8)13)11(14)12(2,3)4/h5-7,11H,14H2,1-4H3/t11-/m0/s1. The van der Waals surface area contributed by atoms with E-state index in [4.69, 9.17) is 17.3 Å². The first-order chi connectivity index (χ1) is 6.34. The van der Waals surface area contributed by atoms with Gasteiger partial charge in [-0.15, -0.1) is 0 Å². The Morgan fingerprint density at radius 3 is 2.36 bits per heavy atom. The lowest BCUT2D eigenvalue weighted by atomic mass is 9.83. The lowest BCUT2D eigenvalue weighted by Crippen LogP contribution is -2.26. The van der Waals surface area contributed by atoms with E-state index >= 15 is 0 Å². The molecule has 1 atom stereocenters. The van der Waals surface area contributed by atoms with E-state index in [-0.39, 0.29) is 11.5 Å². The second kappa shape index (κ2) is 3.92. The van der Waals surface area contributed by atoms with Crippen molar-refractivity contribution < 1.29 is 0 Å². The molecule has 0 bridgehead atoms. The molecule has 1 nitrogen and oxygen atoms in total. The van der Waals surface area contributed by atoms with Crippen LogP contribution in [0.2, 0.25) is 5.02 Å². The molecule has 0 fully saturated rings. The van der Waals surface area contributed by atoms with Crippen molar-refractivity contribution in [3.8, 4) is 0 Å². The molecule has 0 aliphatic heterocycles. The van der Waals surface area contributed by atoms with Crippen LogP contribution in [0.25, 0.3) is 0 Å². The highest BCUT2D eigenvalue weighted by Crippen LogP contribution is 2.35. The van der Waals surface area contributed by atoms with Crippen LogP contribution in [0.1, 0.15) is 37.9 Å². The largest absolute Gasteiger partial charge is 0.323 e. The summed E-state index contributed by atoms with van der Waals surface area (Å²) >= 11 is 6.21. The molecule has 1 rings (SSSR count). The number of hydrogen-bond acceptors (Lipinski definition) is 1. The number of nitrogens with two attached hydrogens (primary N) is 1. The van der Waals surface area contributed by atoms with Gasteiger partial charge in [-0.2, -0.15) is 0 Å². The van der Waals surface area contributed by atoms with Gasteiger partial charge in [-0.3, -0.25) is 0 Å². The first kappa shape index (κ1) is 11.5. The fraction of sp³-hybridized carbons (Fsp3) is 0.500. The van der Waals surface area contributed by atoms with Crippen molar-refractivity contribution in [3.63, 3.8) is 0 Å². The van der Waals surface area contributed by atoms with Gasteiger partial charge < -0.3 is 5.73 Å². The van der Waals surface area contributed by atoms with Gasteiger partial charge in [-0.05, 0) is 23.5 Å². The molecule has 0 spiro atoms. The van der Waals surface area contributed by atoms with Crippen LogP contribution in [0, 0.1) is 12.3 Å². The summed E-state index contributed by atoms with van der Waals surface area (Å²) in [6.45, 7) is 8.37. The Hall–Kier alpha value is -0.530. The maximum atomic E-state index is 6.21. The van der Waals surface area contributed by atoms with E-state index < -0.39 is 0 Å². The average molecular weight is 212 g/mol. The average Bonchev–Trinajstić information content (AvgIpc) is 2.07. The van der Waals surface area contributed by atoms with Crippen molar-refractivity contribution in [2.45, 2.75) is 33.7 Å². The molecule has 0 saturated carbocycles. The van der Waals surface area contributed by atoms with Gasteiger partial charge in [0, 0.05) is 11.1 Å². The summed E-state index contributed by atoms with van der Waals surface area (Å²) in [5, 5.41) is 0.801. The molecule has 2 heteroatoms. The molecule has 0 aliphatic rings. The summed E-state index contributed by atoms with van der Waals surface area (Å²) in [5.41, 5.74) is 8.32. The minimum absolute atomic E-state index is 0.0186. The lowest BCUT2D eigenvalue weighted by molar-refractivity contribution is 0.327. The second-order valence-corrected chi connectivity index (χ2v) is 5.20. The molecule has 0 saturated heterocycles. The highest BCUT2D eigenvalue weighted by atomic mass is 35.5. The molecule has 0 aromatic heterocycles. The topological polar surface area (TPSA) is 26.0 Å². The zero-order chi connectivity index (χ0) is 10.9. The number of benzene rings is 1. The molecule has 0 unspecified atom stereocenters. The fourth-order valence-corrected chi connectivity index (χ4v) is 1.62. The van der Waals surface area contributed by atoms with E-state index in [0.717, 1.165) is 16.1 Å². The molecule has 0 aliphatic carbocycles. The van der Waals surface area contributed by atoms with Crippen LogP contribution in [0.4, 0.5) is 0 Å². The third-order valence-corrected chi connectivity index (χ3v) is 3.01. The SMILES string of the molecule is Cc1cccc([C@H](N)C(C)(C)C)c1Cl. The predicted octanol–water partition coefficient (Wildman–Crippen LogP) is 3.69. The molecule has 1 aromatic carbocycles. The molecule has 2 N–H and O–H groups in total. The Morgan fingerprint density at radius 2 is 1.86 bits per heavy atom. The van der Waals surface area contributed by atoms with Crippen LogP contribution >= 0.6 is 11.6 Å². The Morgan fingerprint density at radius 1 is 1.29 bits per heavy atom. The van der Waals surface area contributed by atoms with Crippen molar-refractivity contribution in [1.29, 1.82) is 0 Å². The predicted molar refractivity (Wildman–Crippen MR) is 62.6 cm³/mol. The Balaban J connectivity index is 3.14. The van der Waals surface area contributed by atoms with Crippen LogP contribution in [0.5, 0.6) is 0 Å². The van der Waals surface area contributed by atoms with Crippen molar-refractivity contribution in [2.75, 3.05) is 0 Å². The number of hydrogen-bond donors (Lipinski definition) is 1. The van der Waals surface area contributed by atoms with Gasteiger partial charge in [0.15, 0.2) is 0 Å². The van der Waals surface area contributed by atoms with Gasteiger partial charge >= 0.3 is 0 Å². The molecule has 0 radical (unpaired) electrons. The summed E-state index contributed by atoms with van der Waals surface area (Å²) in [6.07, 6.45) is 0. The van der Waals surface area contributed by atoms with E-state index in [1.54, 1.807) is 0 Å². The number of rotatable bonds is 1. The van der Waals surface area contributed by atoms with Gasteiger partial charge in [-0.1, -0.05) is 50.6 Å². The van der Waals surface area contributed by atoms with Crippen LogP contribution in [0.15, 0.2) is 18.2 Å². The first-order valence-corrected chi connectivity index (χ1v) is 5.22.